The van der Waals surface area contributed by atoms with Crippen molar-refractivity contribution in [1.82, 2.24) is 15.2 Å². The molecule has 2 atom stereocenters. The van der Waals surface area contributed by atoms with Gasteiger partial charge in [0.05, 0.1) is 5.69 Å². The number of hydrogen-bond acceptors (Lipinski definition) is 5. The first-order valence-corrected chi connectivity index (χ1v) is 12.0. The number of aromatic nitrogens is 1. The lowest BCUT2D eigenvalue weighted by molar-refractivity contribution is -0.137. The van der Waals surface area contributed by atoms with Crippen LogP contribution in [-0.4, -0.2) is 46.4 Å². The molecule has 1 aliphatic heterocycles. The predicted molar refractivity (Wildman–Crippen MR) is 121 cm³/mol. The van der Waals surface area contributed by atoms with Crippen molar-refractivity contribution in [2.45, 2.75) is 71.3 Å². The van der Waals surface area contributed by atoms with Gasteiger partial charge in [0, 0.05) is 11.4 Å². The molecule has 31 heavy (non-hydrogen) atoms. The third-order valence-corrected chi connectivity index (χ3v) is 7.78. The van der Waals surface area contributed by atoms with Gasteiger partial charge in [-0.25, -0.2) is 9.78 Å². The SMILES string of the molecule is C=CCN(C(=O)CN1C(=O)N[C@@]2(C[C@@H](C)CC(C)(C)C2)C1=O)c1nc2c(s1)CCCC2. The maximum atomic E-state index is 13.4. The van der Waals surface area contributed by atoms with E-state index in [1.54, 1.807) is 11.0 Å². The highest BCUT2D eigenvalue weighted by atomic mass is 32.1. The Bertz CT molecular complexity index is 900. The van der Waals surface area contributed by atoms with E-state index in [1.165, 1.54) is 16.2 Å². The van der Waals surface area contributed by atoms with Crippen LogP contribution < -0.4 is 10.2 Å². The summed E-state index contributed by atoms with van der Waals surface area (Å²) in [6, 6.07) is -0.472. The molecule has 3 aliphatic rings. The lowest BCUT2D eigenvalue weighted by Gasteiger charge is -2.43. The van der Waals surface area contributed by atoms with E-state index in [1.807, 2.05) is 0 Å². The number of rotatable bonds is 5. The molecule has 1 N–H and O–H groups in total. The highest BCUT2D eigenvalue weighted by molar-refractivity contribution is 7.16. The number of fused-ring (bicyclic) bond motifs is 1. The molecule has 0 aromatic carbocycles. The molecule has 2 heterocycles. The Balaban J connectivity index is 1.54. The molecule has 0 bridgehead atoms. The van der Waals surface area contributed by atoms with E-state index in [2.05, 4.69) is 37.7 Å². The van der Waals surface area contributed by atoms with Gasteiger partial charge in [-0.1, -0.05) is 26.8 Å². The van der Waals surface area contributed by atoms with Crippen LogP contribution in [0.2, 0.25) is 0 Å². The minimum absolute atomic E-state index is 0.0462. The minimum atomic E-state index is -0.901. The van der Waals surface area contributed by atoms with E-state index in [9.17, 15) is 14.4 Å². The van der Waals surface area contributed by atoms with Gasteiger partial charge in [0.1, 0.15) is 12.1 Å². The van der Waals surface area contributed by atoms with Crippen LogP contribution in [0.25, 0.3) is 0 Å². The fraction of sp³-hybridized carbons (Fsp3) is 0.652. The molecule has 4 rings (SSSR count). The Morgan fingerprint density at radius 3 is 2.74 bits per heavy atom. The maximum absolute atomic E-state index is 13.4. The number of urea groups is 1. The zero-order valence-corrected chi connectivity index (χ0v) is 19.5. The number of carbonyl (C=O) groups is 3. The first-order chi connectivity index (χ1) is 14.6. The van der Waals surface area contributed by atoms with Crippen LogP contribution in [-0.2, 0) is 22.4 Å². The normalized spacial score (nSPS) is 27.2. The topological polar surface area (TPSA) is 82.6 Å². The third-order valence-electron chi connectivity index (χ3n) is 6.60. The Hall–Kier alpha value is -2.22. The third kappa shape index (κ3) is 4.14. The second-order valence-corrected chi connectivity index (χ2v) is 11.2. The standard InChI is InChI=1S/C23H32N4O3S/c1-5-10-26(21-24-16-8-6-7-9-17(16)31-21)18(28)13-27-19(29)23(25-20(27)30)12-15(2)11-22(3,4)14-23/h5,15H,1,6-14H2,2-4H3,(H,25,30)/t15-,23+/m0/s1. The molecule has 1 saturated carbocycles. The molecular weight excluding hydrogens is 412 g/mol. The number of hydrogen-bond donors (Lipinski definition) is 1. The van der Waals surface area contributed by atoms with Crippen molar-refractivity contribution < 1.29 is 14.4 Å². The molecule has 7 nitrogen and oxygen atoms in total. The molecule has 2 aliphatic carbocycles. The van der Waals surface area contributed by atoms with E-state index in [0.717, 1.165) is 42.7 Å². The Labute approximate surface area is 187 Å². The summed E-state index contributed by atoms with van der Waals surface area (Å²) in [6.07, 6.45) is 8.05. The number of nitrogens with one attached hydrogen (secondary N) is 1. The van der Waals surface area contributed by atoms with Gasteiger partial charge in [0.25, 0.3) is 5.91 Å². The number of thiazole rings is 1. The van der Waals surface area contributed by atoms with E-state index in [-0.39, 0.29) is 23.8 Å². The van der Waals surface area contributed by atoms with Gasteiger partial charge >= 0.3 is 6.03 Å². The van der Waals surface area contributed by atoms with Gasteiger partial charge in [-0.3, -0.25) is 19.4 Å². The van der Waals surface area contributed by atoms with Crippen molar-refractivity contribution in [3.63, 3.8) is 0 Å². The summed E-state index contributed by atoms with van der Waals surface area (Å²) in [5.41, 5.74) is 0.123. The Morgan fingerprint density at radius 2 is 2.06 bits per heavy atom. The highest BCUT2D eigenvalue weighted by Crippen LogP contribution is 2.46. The lowest BCUT2D eigenvalue weighted by atomic mass is 9.64. The summed E-state index contributed by atoms with van der Waals surface area (Å²) >= 11 is 1.54. The average Bonchev–Trinajstić information content (AvgIpc) is 3.19. The van der Waals surface area contributed by atoms with Crippen molar-refractivity contribution in [2.75, 3.05) is 18.0 Å². The van der Waals surface area contributed by atoms with Gasteiger partial charge in [-0.05, 0) is 56.3 Å². The van der Waals surface area contributed by atoms with E-state index in [0.29, 0.717) is 30.4 Å². The zero-order valence-electron chi connectivity index (χ0n) is 18.7. The first-order valence-electron chi connectivity index (χ1n) is 11.2. The second kappa shape index (κ2) is 8.04. The quantitative estimate of drug-likeness (QED) is 0.555. The Kier molecular flexibility index (Phi) is 5.70. The molecule has 168 valence electrons. The molecule has 2 fully saturated rings. The van der Waals surface area contributed by atoms with Crippen molar-refractivity contribution in [2.24, 2.45) is 11.3 Å². The van der Waals surface area contributed by atoms with Crippen molar-refractivity contribution in [3.8, 4) is 0 Å². The molecule has 1 saturated heterocycles. The van der Waals surface area contributed by atoms with Gasteiger partial charge in [0.2, 0.25) is 5.91 Å². The van der Waals surface area contributed by atoms with Crippen LogP contribution in [0.4, 0.5) is 9.93 Å². The minimum Gasteiger partial charge on any atom is -0.323 e. The van der Waals surface area contributed by atoms with Crippen LogP contribution in [0.5, 0.6) is 0 Å². The van der Waals surface area contributed by atoms with Gasteiger partial charge in [-0.15, -0.1) is 17.9 Å². The maximum Gasteiger partial charge on any atom is 0.325 e. The van der Waals surface area contributed by atoms with Gasteiger partial charge < -0.3 is 5.32 Å². The average molecular weight is 445 g/mol. The number of nitrogens with zero attached hydrogens (tertiary/aromatic N) is 3. The molecule has 0 radical (unpaired) electrons. The molecule has 1 spiro atoms. The summed E-state index contributed by atoms with van der Waals surface area (Å²) in [5.74, 6) is -0.264. The molecule has 1 aromatic heterocycles. The molecular formula is C23H32N4O3S. The number of anilines is 1. The van der Waals surface area contributed by atoms with Gasteiger partial charge in [-0.2, -0.15) is 0 Å². The van der Waals surface area contributed by atoms with E-state index in [4.69, 9.17) is 0 Å². The first kappa shape index (κ1) is 22.0. The second-order valence-electron chi connectivity index (χ2n) is 10.1. The largest absolute Gasteiger partial charge is 0.325 e. The summed E-state index contributed by atoms with van der Waals surface area (Å²) in [5, 5.41) is 3.58. The number of aryl methyl sites for hydroxylation is 2. The number of amides is 4. The highest BCUT2D eigenvalue weighted by Gasteiger charge is 2.56. The zero-order chi connectivity index (χ0) is 22.4. The van der Waals surface area contributed by atoms with Crippen LogP contribution in [0, 0.1) is 11.3 Å². The smallest absolute Gasteiger partial charge is 0.323 e. The van der Waals surface area contributed by atoms with Crippen LogP contribution >= 0.6 is 11.3 Å². The van der Waals surface area contributed by atoms with Crippen molar-refractivity contribution in [3.05, 3.63) is 23.2 Å². The summed E-state index contributed by atoms with van der Waals surface area (Å²) in [7, 11) is 0. The number of imide groups is 1. The van der Waals surface area contributed by atoms with Gasteiger partial charge in [0.15, 0.2) is 5.13 Å². The van der Waals surface area contributed by atoms with Crippen molar-refractivity contribution >= 4 is 34.3 Å². The molecule has 0 unspecified atom stereocenters. The predicted octanol–water partition coefficient (Wildman–Crippen LogP) is 3.68. The molecule has 8 heteroatoms. The van der Waals surface area contributed by atoms with Crippen molar-refractivity contribution in [1.29, 1.82) is 0 Å². The fourth-order valence-corrected chi connectivity index (χ4v) is 6.91. The van der Waals surface area contributed by atoms with E-state index < -0.39 is 11.6 Å². The summed E-state index contributed by atoms with van der Waals surface area (Å²) in [4.78, 5) is 47.9. The summed E-state index contributed by atoms with van der Waals surface area (Å²) in [6.45, 7) is 10.2. The van der Waals surface area contributed by atoms with Crippen LogP contribution in [0.15, 0.2) is 12.7 Å². The lowest BCUT2D eigenvalue weighted by Crippen LogP contribution is -2.54. The summed E-state index contributed by atoms with van der Waals surface area (Å²) < 4.78 is 0. The Morgan fingerprint density at radius 1 is 1.32 bits per heavy atom. The van der Waals surface area contributed by atoms with Crippen LogP contribution in [0.1, 0.15) is 63.4 Å². The molecule has 1 aromatic rings. The molecule has 4 amide bonds. The van der Waals surface area contributed by atoms with E-state index >= 15 is 0 Å². The monoisotopic (exact) mass is 444 g/mol. The number of carbonyl (C=O) groups excluding carboxylic acids is 3. The fourth-order valence-electron chi connectivity index (χ4n) is 5.74. The van der Waals surface area contributed by atoms with Crippen LogP contribution in [0.3, 0.4) is 0 Å².